The van der Waals surface area contributed by atoms with Gasteiger partial charge in [0, 0.05) is 24.5 Å². The van der Waals surface area contributed by atoms with Crippen LogP contribution in [-0.2, 0) is 21.2 Å². The molecule has 26 heavy (non-hydrogen) atoms. The van der Waals surface area contributed by atoms with Crippen LogP contribution in [0.3, 0.4) is 0 Å². The molecule has 0 unspecified atom stereocenters. The number of hydrogen-bond donors (Lipinski definition) is 1. The third-order valence-electron chi connectivity index (χ3n) is 5.05. The van der Waals surface area contributed by atoms with Crippen LogP contribution < -0.4 is 5.32 Å². The maximum atomic E-state index is 12.5. The van der Waals surface area contributed by atoms with Gasteiger partial charge in [0.2, 0.25) is 5.91 Å². The fourth-order valence-electron chi connectivity index (χ4n) is 3.58. The topological polar surface area (TPSA) is 69.7 Å². The summed E-state index contributed by atoms with van der Waals surface area (Å²) in [6, 6.07) is 3.40. The summed E-state index contributed by atoms with van der Waals surface area (Å²) in [4.78, 5) is 15.4. The van der Waals surface area contributed by atoms with Crippen LogP contribution in [0.1, 0.15) is 43.4 Å². The summed E-state index contributed by atoms with van der Waals surface area (Å²) in [6.45, 7) is 5.28. The van der Waals surface area contributed by atoms with E-state index >= 15 is 0 Å². The van der Waals surface area contributed by atoms with Gasteiger partial charge in [-0.2, -0.15) is 4.31 Å². The van der Waals surface area contributed by atoms with Crippen molar-refractivity contribution in [3.05, 3.63) is 17.0 Å². The van der Waals surface area contributed by atoms with Gasteiger partial charge in [0.1, 0.15) is 4.21 Å². The van der Waals surface area contributed by atoms with Gasteiger partial charge >= 0.3 is 0 Å². The number of amides is 1. The van der Waals surface area contributed by atoms with Crippen LogP contribution in [-0.4, -0.2) is 62.8 Å². The van der Waals surface area contributed by atoms with Crippen LogP contribution in [0.25, 0.3) is 0 Å². The van der Waals surface area contributed by atoms with Crippen molar-refractivity contribution in [1.29, 1.82) is 0 Å². The van der Waals surface area contributed by atoms with Gasteiger partial charge in [-0.1, -0.05) is 6.42 Å². The molecular formula is C18H29N3O3S2. The smallest absolute Gasteiger partial charge is 0.252 e. The summed E-state index contributed by atoms with van der Waals surface area (Å²) in [5.41, 5.74) is 0. The Labute approximate surface area is 160 Å². The number of sulfonamides is 1. The van der Waals surface area contributed by atoms with Crippen molar-refractivity contribution < 1.29 is 13.2 Å². The first-order valence-electron chi connectivity index (χ1n) is 9.63. The lowest BCUT2D eigenvalue weighted by atomic mass is 10.1. The van der Waals surface area contributed by atoms with Crippen LogP contribution in [0.4, 0.5) is 0 Å². The molecule has 2 saturated heterocycles. The van der Waals surface area contributed by atoms with E-state index in [2.05, 4.69) is 10.2 Å². The Kier molecular flexibility index (Phi) is 7.08. The number of nitrogens with zero attached hydrogens (tertiary/aromatic N) is 2. The highest BCUT2D eigenvalue weighted by Crippen LogP contribution is 2.27. The average molecular weight is 400 g/mol. The van der Waals surface area contributed by atoms with E-state index in [-0.39, 0.29) is 12.3 Å². The molecule has 0 radical (unpaired) electrons. The standard InChI is InChI=1S/C18H29N3O3S2/c22-17(19-9-6-12-20-10-2-1-3-11-20)15-16-7-8-18(25-16)26(23,24)21-13-4-5-14-21/h7-8H,1-6,9-15H2,(H,19,22). The first kappa shape index (κ1) is 19.8. The van der Waals surface area contributed by atoms with Gasteiger partial charge < -0.3 is 10.2 Å². The summed E-state index contributed by atoms with van der Waals surface area (Å²) < 4.78 is 27.0. The van der Waals surface area contributed by atoms with Crippen LogP contribution in [0.15, 0.2) is 16.3 Å². The molecule has 146 valence electrons. The Bertz CT molecular complexity index is 690. The van der Waals surface area contributed by atoms with Crippen molar-refractivity contribution in [2.75, 3.05) is 39.3 Å². The fourth-order valence-corrected chi connectivity index (χ4v) is 6.61. The molecule has 3 rings (SSSR count). The molecule has 0 aliphatic carbocycles. The van der Waals surface area contributed by atoms with Crippen molar-refractivity contribution >= 4 is 27.3 Å². The molecule has 8 heteroatoms. The number of nitrogens with one attached hydrogen (secondary N) is 1. The van der Waals surface area contributed by atoms with E-state index in [4.69, 9.17) is 0 Å². The van der Waals surface area contributed by atoms with Gasteiger partial charge in [-0.15, -0.1) is 11.3 Å². The molecule has 1 aromatic rings. The predicted molar refractivity (Wildman–Crippen MR) is 104 cm³/mol. The number of carbonyl (C=O) groups excluding carboxylic acids is 1. The lowest BCUT2D eigenvalue weighted by Crippen LogP contribution is -2.33. The zero-order valence-electron chi connectivity index (χ0n) is 15.3. The molecule has 1 aromatic heterocycles. The van der Waals surface area contributed by atoms with Gasteiger partial charge in [-0.05, 0) is 63.9 Å². The minimum atomic E-state index is -3.37. The molecule has 2 aliphatic heterocycles. The first-order chi connectivity index (χ1) is 12.6. The average Bonchev–Trinajstić information content (AvgIpc) is 3.32. The SMILES string of the molecule is O=C(Cc1ccc(S(=O)(=O)N2CCCC2)s1)NCCCN1CCCCC1. The van der Waals surface area contributed by atoms with Crippen LogP contribution in [0.2, 0.25) is 0 Å². The molecule has 2 fully saturated rings. The predicted octanol–water partition coefficient (Wildman–Crippen LogP) is 2.07. The van der Waals surface area contributed by atoms with Crippen molar-refractivity contribution in [3.63, 3.8) is 0 Å². The summed E-state index contributed by atoms with van der Waals surface area (Å²) in [5.74, 6) is -0.0318. The third kappa shape index (κ3) is 5.28. The lowest BCUT2D eigenvalue weighted by molar-refractivity contribution is -0.120. The largest absolute Gasteiger partial charge is 0.356 e. The summed E-state index contributed by atoms with van der Waals surface area (Å²) >= 11 is 1.22. The van der Waals surface area contributed by atoms with Gasteiger partial charge in [-0.3, -0.25) is 4.79 Å². The number of thiophene rings is 1. The van der Waals surface area contributed by atoms with E-state index in [0.29, 0.717) is 23.8 Å². The maximum Gasteiger partial charge on any atom is 0.252 e. The molecule has 0 atom stereocenters. The molecule has 0 spiro atoms. The van der Waals surface area contributed by atoms with Crippen LogP contribution in [0, 0.1) is 0 Å². The number of likely N-dealkylation sites (tertiary alicyclic amines) is 1. The van der Waals surface area contributed by atoms with Crippen molar-refractivity contribution in [2.24, 2.45) is 0 Å². The van der Waals surface area contributed by atoms with E-state index in [1.54, 1.807) is 16.4 Å². The van der Waals surface area contributed by atoms with E-state index in [1.807, 2.05) is 0 Å². The van der Waals surface area contributed by atoms with Gasteiger partial charge in [0.05, 0.1) is 6.42 Å². The summed E-state index contributed by atoms with van der Waals surface area (Å²) in [7, 11) is -3.37. The van der Waals surface area contributed by atoms with E-state index in [1.165, 1.54) is 43.7 Å². The zero-order valence-corrected chi connectivity index (χ0v) is 16.9. The molecule has 6 nitrogen and oxygen atoms in total. The Hall–Kier alpha value is -0.960. The van der Waals surface area contributed by atoms with Gasteiger partial charge in [-0.25, -0.2) is 8.42 Å². The second-order valence-corrected chi connectivity index (χ2v) is 10.4. The van der Waals surface area contributed by atoms with Gasteiger partial charge in [0.15, 0.2) is 0 Å². The first-order valence-corrected chi connectivity index (χ1v) is 11.9. The normalized spacial score (nSPS) is 19.7. The Morgan fingerprint density at radius 1 is 1.04 bits per heavy atom. The second-order valence-electron chi connectivity index (χ2n) is 7.11. The van der Waals surface area contributed by atoms with Gasteiger partial charge in [0.25, 0.3) is 10.0 Å². The fraction of sp³-hybridized carbons (Fsp3) is 0.722. The van der Waals surface area contributed by atoms with E-state index in [9.17, 15) is 13.2 Å². The Morgan fingerprint density at radius 2 is 1.73 bits per heavy atom. The number of piperidine rings is 1. The summed E-state index contributed by atoms with van der Waals surface area (Å²) in [6.07, 6.45) is 6.98. The lowest BCUT2D eigenvalue weighted by Gasteiger charge is -2.26. The molecule has 0 saturated carbocycles. The molecule has 2 aliphatic rings. The highest BCUT2D eigenvalue weighted by atomic mass is 32.2. The molecule has 1 N–H and O–H groups in total. The monoisotopic (exact) mass is 399 g/mol. The number of carbonyl (C=O) groups is 1. The van der Waals surface area contributed by atoms with Crippen LogP contribution >= 0.6 is 11.3 Å². The minimum Gasteiger partial charge on any atom is -0.356 e. The molecule has 1 amide bonds. The molecule has 3 heterocycles. The van der Waals surface area contributed by atoms with E-state index < -0.39 is 10.0 Å². The highest BCUT2D eigenvalue weighted by molar-refractivity contribution is 7.91. The van der Waals surface area contributed by atoms with E-state index in [0.717, 1.165) is 30.7 Å². The van der Waals surface area contributed by atoms with Crippen LogP contribution in [0.5, 0.6) is 0 Å². The van der Waals surface area contributed by atoms with Crippen molar-refractivity contribution in [2.45, 2.75) is 49.2 Å². The highest BCUT2D eigenvalue weighted by Gasteiger charge is 2.28. The third-order valence-corrected chi connectivity index (χ3v) is 8.50. The Balaban J connectivity index is 1.41. The number of hydrogen-bond acceptors (Lipinski definition) is 5. The maximum absolute atomic E-state index is 12.5. The molecule has 0 bridgehead atoms. The second kappa shape index (κ2) is 9.30. The Morgan fingerprint density at radius 3 is 2.46 bits per heavy atom. The number of rotatable bonds is 8. The molecular weight excluding hydrogens is 370 g/mol. The minimum absolute atomic E-state index is 0.0318. The summed E-state index contributed by atoms with van der Waals surface area (Å²) in [5, 5.41) is 2.96. The van der Waals surface area contributed by atoms with Crippen molar-refractivity contribution in [1.82, 2.24) is 14.5 Å². The van der Waals surface area contributed by atoms with Crippen molar-refractivity contribution in [3.8, 4) is 0 Å². The quantitative estimate of drug-likeness (QED) is 0.680. The zero-order chi connectivity index (χ0) is 18.4. The molecule has 0 aromatic carbocycles.